The Bertz CT molecular complexity index is 671. The summed E-state index contributed by atoms with van der Waals surface area (Å²) >= 11 is 0. The van der Waals surface area contributed by atoms with E-state index in [-0.39, 0.29) is 11.1 Å². The molecule has 0 atom stereocenters. The fourth-order valence-corrected chi connectivity index (χ4v) is 1.59. The van der Waals surface area contributed by atoms with E-state index in [2.05, 4.69) is 0 Å². The van der Waals surface area contributed by atoms with E-state index < -0.39 is 23.3 Å². The Labute approximate surface area is 131 Å². The van der Waals surface area contributed by atoms with Crippen molar-refractivity contribution < 1.29 is 26.9 Å². The lowest BCUT2D eigenvalue weighted by Crippen LogP contribution is -1.94. The van der Waals surface area contributed by atoms with E-state index in [0.717, 1.165) is 44.5 Å². The quantitative estimate of drug-likeness (QED) is 0.339. The van der Waals surface area contributed by atoms with Crippen molar-refractivity contribution in [1.82, 2.24) is 0 Å². The van der Waals surface area contributed by atoms with Crippen LogP contribution in [0.15, 0.2) is 48.9 Å². The number of hydrogen-bond acceptors (Lipinski definition) is 2. The zero-order valence-electron chi connectivity index (χ0n) is 11.7. The highest BCUT2D eigenvalue weighted by Crippen LogP contribution is 2.12. The molecule has 117 valence electrons. The molecule has 0 N–H and O–H groups in total. The van der Waals surface area contributed by atoms with Gasteiger partial charge in [0.2, 0.25) is 0 Å². The van der Waals surface area contributed by atoms with Crippen molar-refractivity contribution >= 4 is 19.8 Å². The van der Waals surface area contributed by atoms with Crippen molar-refractivity contribution in [2.24, 2.45) is 0 Å². The molecule has 7 heteroatoms. The lowest BCUT2D eigenvalue weighted by Gasteiger charge is -1.99. The maximum Gasteiger partial charge on any atom is 0.657 e. The standard InChI is InChI=1S/C16H10BF4O2/c18-13-3-1-11(15(20)9-13)5-7-22-17-23-8-6-12-2-4-14(19)10-16(12)21/h1-10H. The monoisotopic (exact) mass is 321 g/mol. The molecule has 0 fully saturated rings. The minimum Gasteiger partial charge on any atom is -0.532 e. The molecule has 2 rings (SSSR count). The van der Waals surface area contributed by atoms with E-state index in [4.69, 9.17) is 9.31 Å². The van der Waals surface area contributed by atoms with Crippen LogP contribution >= 0.6 is 0 Å². The molecule has 0 saturated heterocycles. The topological polar surface area (TPSA) is 18.5 Å². The average molecular weight is 321 g/mol. The zero-order valence-corrected chi connectivity index (χ0v) is 11.7. The van der Waals surface area contributed by atoms with Crippen molar-refractivity contribution in [2.75, 3.05) is 0 Å². The average Bonchev–Trinajstić information content (AvgIpc) is 2.50. The maximum absolute atomic E-state index is 13.3. The van der Waals surface area contributed by atoms with Crippen LogP contribution in [0.4, 0.5) is 17.6 Å². The van der Waals surface area contributed by atoms with Crippen LogP contribution in [0.1, 0.15) is 11.1 Å². The lowest BCUT2D eigenvalue weighted by atomic mass is 10.2. The van der Waals surface area contributed by atoms with Gasteiger partial charge in [0.15, 0.2) is 0 Å². The van der Waals surface area contributed by atoms with Crippen LogP contribution in [0.3, 0.4) is 0 Å². The molecule has 0 aliphatic carbocycles. The van der Waals surface area contributed by atoms with Gasteiger partial charge in [-0.05, 0) is 36.4 Å². The van der Waals surface area contributed by atoms with Gasteiger partial charge < -0.3 is 9.31 Å². The van der Waals surface area contributed by atoms with Crippen molar-refractivity contribution in [3.8, 4) is 0 Å². The molecule has 0 spiro atoms. The lowest BCUT2D eigenvalue weighted by molar-refractivity contribution is 0.379. The van der Waals surface area contributed by atoms with Crippen molar-refractivity contribution in [2.45, 2.75) is 0 Å². The van der Waals surface area contributed by atoms with Crippen LogP contribution in [-0.4, -0.2) is 7.69 Å². The molecule has 0 aromatic heterocycles. The molecule has 0 aliphatic rings. The first-order valence-corrected chi connectivity index (χ1v) is 6.42. The fourth-order valence-electron chi connectivity index (χ4n) is 1.59. The van der Waals surface area contributed by atoms with Crippen LogP contribution in [0.25, 0.3) is 12.2 Å². The van der Waals surface area contributed by atoms with E-state index >= 15 is 0 Å². The molecule has 0 bridgehead atoms. The predicted octanol–water partition coefficient (Wildman–Crippen LogP) is 4.45. The van der Waals surface area contributed by atoms with Crippen LogP contribution in [0.5, 0.6) is 0 Å². The maximum atomic E-state index is 13.3. The third-order valence-electron chi connectivity index (χ3n) is 2.69. The van der Waals surface area contributed by atoms with E-state index in [0.29, 0.717) is 0 Å². The third-order valence-corrected chi connectivity index (χ3v) is 2.69. The molecule has 1 radical (unpaired) electrons. The van der Waals surface area contributed by atoms with Crippen LogP contribution < -0.4 is 0 Å². The van der Waals surface area contributed by atoms with Crippen molar-refractivity contribution in [3.63, 3.8) is 0 Å². The highest BCUT2D eigenvalue weighted by atomic mass is 19.1. The first kappa shape index (κ1) is 16.7. The Morgan fingerprint density at radius 2 is 1.13 bits per heavy atom. The molecule has 0 saturated carbocycles. The summed E-state index contributed by atoms with van der Waals surface area (Å²) in [6.45, 7) is 0. The first-order valence-electron chi connectivity index (χ1n) is 6.42. The number of benzene rings is 2. The van der Waals surface area contributed by atoms with Crippen molar-refractivity contribution in [1.29, 1.82) is 0 Å². The second kappa shape index (κ2) is 8.07. The van der Waals surface area contributed by atoms with Gasteiger partial charge in [-0.2, -0.15) is 0 Å². The number of rotatable bonds is 6. The highest BCUT2D eigenvalue weighted by Gasteiger charge is 2.01. The van der Waals surface area contributed by atoms with Gasteiger partial charge in [0.1, 0.15) is 23.3 Å². The first-order chi connectivity index (χ1) is 11.1. The van der Waals surface area contributed by atoms with E-state index in [1.54, 1.807) is 0 Å². The van der Waals surface area contributed by atoms with E-state index in [1.807, 2.05) is 0 Å². The number of hydrogen-bond donors (Lipinski definition) is 0. The number of halogens is 4. The molecule has 2 nitrogen and oxygen atoms in total. The largest absolute Gasteiger partial charge is 0.657 e. The van der Waals surface area contributed by atoms with Gasteiger partial charge in [-0.1, -0.05) is 0 Å². The fraction of sp³-hybridized carbons (Fsp3) is 0. The van der Waals surface area contributed by atoms with Crippen molar-refractivity contribution in [3.05, 3.63) is 83.3 Å². The Morgan fingerprint density at radius 1 is 0.696 bits per heavy atom. The van der Waals surface area contributed by atoms with Crippen LogP contribution in [-0.2, 0) is 9.31 Å². The second-order valence-electron chi connectivity index (χ2n) is 4.31. The summed E-state index contributed by atoms with van der Waals surface area (Å²) in [5.41, 5.74) is 0.285. The van der Waals surface area contributed by atoms with Gasteiger partial charge in [0.05, 0.1) is 12.5 Å². The Hall–Kier alpha value is -2.70. The molecule has 2 aromatic rings. The summed E-state index contributed by atoms with van der Waals surface area (Å²) in [6.07, 6.45) is 4.81. The summed E-state index contributed by atoms with van der Waals surface area (Å²) in [6, 6.07) is 6.23. The zero-order chi connectivity index (χ0) is 16.7. The van der Waals surface area contributed by atoms with Gasteiger partial charge in [-0.3, -0.25) is 0 Å². The predicted molar refractivity (Wildman–Crippen MR) is 78.7 cm³/mol. The normalized spacial score (nSPS) is 11.1. The van der Waals surface area contributed by atoms with Gasteiger partial charge in [-0.15, -0.1) is 0 Å². The SMILES string of the molecule is Fc1ccc(C=CO[B]OC=Cc2ccc(F)cc2F)c(F)c1. The molecular formula is C16H10BF4O2. The summed E-state index contributed by atoms with van der Waals surface area (Å²) in [7, 11) is 0.913. The van der Waals surface area contributed by atoms with Gasteiger partial charge >= 0.3 is 7.69 Å². The van der Waals surface area contributed by atoms with Gasteiger partial charge in [0, 0.05) is 23.3 Å². The van der Waals surface area contributed by atoms with Gasteiger partial charge in [-0.25, -0.2) is 17.6 Å². The molecule has 0 heterocycles. The Balaban J connectivity index is 1.77. The second-order valence-corrected chi connectivity index (χ2v) is 4.31. The molecule has 23 heavy (non-hydrogen) atoms. The van der Waals surface area contributed by atoms with Crippen LogP contribution in [0.2, 0.25) is 0 Å². The molecule has 0 aliphatic heterocycles. The van der Waals surface area contributed by atoms with Gasteiger partial charge in [0.25, 0.3) is 0 Å². The summed E-state index contributed by atoms with van der Waals surface area (Å²) in [5.74, 6) is -2.79. The smallest absolute Gasteiger partial charge is 0.532 e. The molecule has 2 aromatic carbocycles. The molecular weight excluding hydrogens is 311 g/mol. The highest BCUT2D eigenvalue weighted by molar-refractivity contribution is 6.18. The summed E-state index contributed by atoms with van der Waals surface area (Å²) < 4.78 is 61.6. The molecule has 0 unspecified atom stereocenters. The third kappa shape index (κ3) is 5.21. The van der Waals surface area contributed by atoms with E-state index in [1.165, 1.54) is 24.3 Å². The summed E-state index contributed by atoms with van der Waals surface area (Å²) in [4.78, 5) is 0. The Morgan fingerprint density at radius 3 is 1.52 bits per heavy atom. The minimum absolute atomic E-state index is 0.142. The Kier molecular flexibility index (Phi) is 5.85. The van der Waals surface area contributed by atoms with E-state index in [9.17, 15) is 17.6 Å². The van der Waals surface area contributed by atoms with Crippen LogP contribution in [0, 0.1) is 23.3 Å². The summed E-state index contributed by atoms with van der Waals surface area (Å²) in [5, 5.41) is 0. The molecule has 0 amide bonds. The minimum atomic E-state index is -0.725.